The number of aliphatic carboxylic acids is 1. The Morgan fingerprint density at radius 1 is 1.28 bits per heavy atom. The Hall–Kier alpha value is -2.26. The van der Waals surface area contributed by atoms with E-state index in [0.29, 0.717) is 6.42 Å². The minimum atomic E-state index is -4.32. The van der Waals surface area contributed by atoms with Crippen molar-refractivity contribution in [2.45, 2.75) is 49.5 Å². The van der Waals surface area contributed by atoms with Crippen LogP contribution in [0.5, 0.6) is 0 Å². The van der Waals surface area contributed by atoms with Crippen molar-refractivity contribution in [2.75, 3.05) is 0 Å². The lowest BCUT2D eigenvalue weighted by Gasteiger charge is -2.14. The molecule has 0 spiro atoms. The zero-order valence-electron chi connectivity index (χ0n) is 13.8. The first kappa shape index (κ1) is 20.8. The predicted molar refractivity (Wildman–Crippen MR) is 92.7 cm³/mol. The Morgan fingerprint density at radius 3 is 2.52 bits per heavy atom. The zero-order valence-corrected chi connectivity index (χ0v) is 14.6. The fourth-order valence-electron chi connectivity index (χ4n) is 2.31. The van der Waals surface area contributed by atoms with Gasteiger partial charge in [-0.3, -0.25) is 14.9 Å². The number of nitrogens with one attached hydrogen (secondary N) is 1. The van der Waals surface area contributed by atoms with E-state index in [1.165, 1.54) is 12.1 Å². The van der Waals surface area contributed by atoms with Gasteiger partial charge in [0.15, 0.2) is 4.90 Å². The molecule has 0 heterocycles. The quantitative estimate of drug-likeness (QED) is 0.252. The summed E-state index contributed by atoms with van der Waals surface area (Å²) in [5, 5.41) is 20.2. The molecule has 0 aromatic heterocycles. The number of hydrogen-bond acceptors (Lipinski definition) is 5. The fourth-order valence-corrected chi connectivity index (χ4v) is 3.71. The van der Waals surface area contributed by atoms with Gasteiger partial charge in [-0.2, -0.15) is 4.72 Å². The SMILES string of the molecule is C=CCCCCCC[C@H](NS(=O)(=O)c1ccccc1[N+](=O)[O-])C(=O)O. The first-order valence-electron chi connectivity index (χ1n) is 7.89. The van der Waals surface area contributed by atoms with Crippen LogP contribution in [0, 0.1) is 10.1 Å². The molecule has 1 rings (SSSR count). The maximum absolute atomic E-state index is 12.4. The molecule has 0 amide bonds. The second-order valence-corrected chi connectivity index (χ2v) is 7.20. The summed E-state index contributed by atoms with van der Waals surface area (Å²) < 4.78 is 26.8. The largest absolute Gasteiger partial charge is 0.480 e. The van der Waals surface area contributed by atoms with Crippen LogP contribution >= 0.6 is 0 Å². The molecule has 9 heteroatoms. The van der Waals surface area contributed by atoms with Gasteiger partial charge in [-0.15, -0.1) is 6.58 Å². The molecule has 0 aliphatic carbocycles. The molecule has 138 valence electrons. The summed E-state index contributed by atoms with van der Waals surface area (Å²) in [6, 6.07) is 3.49. The first-order chi connectivity index (χ1) is 11.8. The molecule has 0 unspecified atom stereocenters. The van der Waals surface area contributed by atoms with Crippen molar-refractivity contribution < 1.29 is 23.2 Å². The van der Waals surface area contributed by atoms with Gasteiger partial charge in [0.25, 0.3) is 5.69 Å². The Bertz CT molecular complexity index is 717. The summed E-state index contributed by atoms with van der Waals surface area (Å²) in [5.41, 5.74) is -0.594. The Morgan fingerprint density at radius 2 is 1.92 bits per heavy atom. The van der Waals surface area contributed by atoms with Crippen LogP contribution in [-0.2, 0) is 14.8 Å². The molecule has 1 atom stereocenters. The van der Waals surface area contributed by atoms with Gasteiger partial charge in [0, 0.05) is 6.07 Å². The van der Waals surface area contributed by atoms with E-state index in [0.717, 1.165) is 37.8 Å². The number of sulfonamides is 1. The molecule has 8 nitrogen and oxygen atoms in total. The minimum absolute atomic E-state index is 0.114. The van der Waals surface area contributed by atoms with Gasteiger partial charge in [0.2, 0.25) is 10.0 Å². The molecule has 25 heavy (non-hydrogen) atoms. The Kier molecular flexibility index (Phi) is 8.23. The number of nitro groups is 1. The van der Waals surface area contributed by atoms with Gasteiger partial charge < -0.3 is 5.11 Å². The maximum Gasteiger partial charge on any atom is 0.321 e. The van der Waals surface area contributed by atoms with Gasteiger partial charge in [-0.05, 0) is 25.3 Å². The molecular weight excluding hydrogens is 348 g/mol. The van der Waals surface area contributed by atoms with E-state index in [2.05, 4.69) is 11.3 Å². The van der Waals surface area contributed by atoms with E-state index < -0.39 is 37.5 Å². The molecule has 0 saturated carbocycles. The highest BCUT2D eigenvalue weighted by Crippen LogP contribution is 2.23. The number of unbranched alkanes of at least 4 members (excludes halogenated alkanes) is 4. The number of carbonyl (C=O) groups is 1. The van der Waals surface area contributed by atoms with Crippen LogP contribution in [0.15, 0.2) is 41.8 Å². The van der Waals surface area contributed by atoms with Crippen molar-refractivity contribution in [1.29, 1.82) is 0 Å². The van der Waals surface area contributed by atoms with E-state index in [4.69, 9.17) is 0 Å². The predicted octanol–water partition coefficient (Wildman–Crippen LogP) is 2.85. The molecule has 0 bridgehead atoms. The standard InChI is InChI=1S/C16H22N2O6S/c1-2-3-4-5-6-7-10-13(16(19)20)17-25(23,24)15-12-9-8-11-14(15)18(21)22/h2,8-9,11-13,17H,1,3-7,10H2,(H,19,20)/t13-/m0/s1. The zero-order chi connectivity index (χ0) is 18.9. The van der Waals surface area contributed by atoms with Crippen molar-refractivity contribution in [3.8, 4) is 0 Å². The van der Waals surface area contributed by atoms with E-state index in [9.17, 15) is 28.4 Å². The number of allylic oxidation sites excluding steroid dienone is 1. The van der Waals surface area contributed by atoms with Gasteiger partial charge >= 0.3 is 5.97 Å². The highest BCUT2D eigenvalue weighted by Gasteiger charge is 2.30. The highest BCUT2D eigenvalue weighted by molar-refractivity contribution is 7.89. The molecule has 0 saturated heterocycles. The number of carboxylic acid groups (broad SMARTS) is 1. The van der Waals surface area contributed by atoms with Crippen molar-refractivity contribution in [2.24, 2.45) is 0 Å². The summed E-state index contributed by atoms with van der Waals surface area (Å²) in [4.78, 5) is 20.9. The lowest BCUT2D eigenvalue weighted by molar-refractivity contribution is -0.387. The number of carboxylic acids is 1. The van der Waals surface area contributed by atoms with E-state index in [-0.39, 0.29) is 6.42 Å². The van der Waals surface area contributed by atoms with Gasteiger partial charge in [-0.25, -0.2) is 8.42 Å². The summed E-state index contributed by atoms with van der Waals surface area (Å²) in [6.45, 7) is 3.62. The number of hydrogen-bond donors (Lipinski definition) is 2. The third-order valence-electron chi connectivity index (χ3n) is 3.60. The molecule has 0 aliphatic rings. The topological polar surface area (TPSA) is 127 Å². The third kappa shape index (κ3) is 6.63. The summed E-state index contributed by atoms with van der Waals surface area (Å²) in [6.07, 6.45) is 5.95. The third-order valence-corrected chi connectivity index (χ3v) is 5.12. The van der Waals surface area contributed by atoms with E-state index >= 15 is 0 Å². The van der Waals surface area contributed by atoms with E-state index in [1.807, 2.05) is 0 Å². The minimum Gasteiger partial charge on any atom is -0.480 e. The molecule has 1 aromatic rings. The second-order valence-electron chi connectivity index (χ2n) is 5.52. The molecule has 0 aliphatic heterocycles. The molecule has 1 aromatic carbocycles. The average Bonchev–Trinajstić information content (AvgIpc) is 2.56. The smallest absolute Gasteiger partial charge is 0.321 e. The summed E-state index contributed by atoms with van der Waals surface area (Å²) in [5.74, 6) is -1.31. The number of nitro benzene ring substituents is 1. The van der Waals surface area contributed by atoms with Crippen LogP contribution in [-0.4, -0.2) is 30.5 Å². The highest BCUT2D eigenvalue weighted by atomic mass is 32.2. The second kappa shape index (κ2) is 9.90. The number of nitrogens with zero attached hydrogens (tertiary/aromatic N) is 1. The van der Waals surface area contributed by atoms with Crippen molar-refractivity contribution in [3.63, 3.8) is 0 Å². The molecule has 2 N–H and O–H groups in total. The monoisotopic (exact) mass is 370 g/mol. The number of para-hydroxylation sites is 1. The normalized spacial score (nSPS) is 12.5. The van der Waals surface area contributed by atoms with Crippen LogP contribution in [0.3, 0.4) is 0 Å². The van der Waals surface area contributed by atoms with Crippen LogP contribution < -0.4 is 4.72 Å². The average molecular weight is 370 g/mol. The van der Waals surface area contributed by atoms with Crippen molar-refractivity contribution >= 4 is 21.7 Å². The number of rotatable bonds is 12. The van der Waals surface area contributed by atoms with Crippen LogP contribution in [0.25, 0.3) is 0 Å². The van der Waals surface area contributed by atoms with Crippen LogP contribution in [0.1, 0.15) is 38.5 Å². The number of benzene rings is 1. The van der Waals surface area contributed by atoms with Crippen molar-refractivity contribution in [1.82, 2.24) is 4.72 Å². The van der Waals surface area contributed by atoms with Gasteiger partial charge in [-0.1, -0.05) is 37.5 Å². The Labute approximate surface area is 146 Å². The fraction of sp³-hybridized carbons (Fsp3) is 0.438. The molecule has 0 fully saturated rings. The lowest BCUT2D eigenvalue weighted by atomic mass is 10.1. The van der Waals surface area contributed by atoms with Crippen molar-refractivity contribution in [3.05, 3.63) is 47.0 Å². The van der Waals surface area contributed by atoms with E-state index in [1.54, 1.807) is 6.08 Å². The Balaban J connectivity index is 2.79. The summed E-state index contributed by atoms with van der Waals surface area (Å²) in [7, 11) is -4.32. The molecule has 0 radical (unpaired) electrons. The van der Waals surface area contributed by atoms with Gasteiger partial charge in [0.05, 0.1) is 4.92 Å². The first-order valence-corrected chi connectivity index (χ1v) is 9.37. The van der Waals surface area contributed by atoms with Gasteiger partial charge in [0.1, 0.15) is 6.04 Å². The maximum atomic E-state index is 12.4. The van der Waals surface area contributed by atoms with Crippen LogP contribution in [0.4, 0.5) is 5.69 Å². The van der Waals surface area contributed by atoms with Crippen LogP contribution in [0.2, 0.25) is 0 Å². The lowest BCUT2D eigenvalue weighted by Crippen LogP contribution is -2.40. The molecular formula is C16H22N2O6S. The summed E-state index contributed by atoms with van der Waals surface area (Å²) >= 11 is 0.